The lowest BCUT2D eigenvalue weighted by Crippen LogP contribution is -2.26. The second-order valence-corrected chi connectivity index (χ2v) is 7.82. The van der Waals surface area contributed by atoms with Crippen LogP contribution in [0.15, 0.2) is 53.6 Å². The van der Waals surface area contributed by atoms with Gasteiger partial charge in [0.25, 0.3) is 0 Å². The van der Waals surface area contributed by atoms with Gasteiger partial charge in [0, 0.05) is 30.7 Å². The summed E-state index contributed by atoms with van der Waals surface area (Å²) in [6.45, 7) is 2.18. The van der Waals surface area contributed by atoms with Crippen molar-refractivity contribution in [1.82, 2.24) is 9.29 Å². The van der Waals surface area contributed by atoms with Gasteiger partial charge in [-0.15, -0.1) is 0 Å². The van der Waals surface area contributed by atoms with Crippen molar-refractivity contribution in [2.45, 2.75) is 18.2 Å². The van der Waals surface area contributed by atoms with Crippen LogP contribution in [-0.4, -0.2) is 26.6 Å². The number of nitrogens with one attached hydrogen (secondary N) is 1. The second kappa shape index (κ2) is 6.90. The highest BCUT2D eigenvalue weighted by Gasteiger charge is 2.19. The number of sulfonamides is 1. The van der Waals surface area contributed by atoms with Crippen LogP contribution in [0.2, 0.25) is 0 Å². The molecule has 1 N–H and O–H groups in total. The number of benzene rings is 2. The molecule has 0 radical (unpaired) electrons. The van der Waals surface area contributed by atoms with E-state index in [4.69, 9.17) is 4.74 Å². The van der Waals surface area contributed by atoms with E-state index in [1.165, 1.54) is 7.11 Å². The molecule has 1 aromatic heterocycles. The third-order valence-corrected chi connectivity index (χ3v) is 5.76. The van der Waals surface area contributed by atoms with Crippen LogP contribution in [0.4, 0.5) is 0 Å². The lowest BCUT2D eigenvalue weighted by Gasteiger charge is -2.11. The minimum atomic E-state index is -3.62. The molecule has 0 aliphatic rings. The number of fused-ring (bicyclic) bond motifs is 1. The highest BCUT2D eigenvalue weighted by atomic mass is 32.2. The first kappa shape index (κ1) is 17.5. The van der Waals surface area contributed by atoms with E-state index < -0.39 is 10.0 Å². The van der Waals surface area contributed by atoms with Gasteiger partial charge < -0.3 is 9.30 Å². The molecule has 0 saturated carbocycles. The molecule has 0 aliphatic heterocycles. The first-order chi connectivity index (χ1) is 11.9. The molecule has 1 heterocycles. The number of hydrogen-bond acceptors (Lipinski definition) is 3. The lowest BCUT2D eigenvalue weighted by molar-refractivity contribution is 0.402. The summed E-state index contributed by atoms with van der Waals surface area (Å²) in [5, 5.41) is 1.15. The van der Waals surface area contributed by atoms with E-state index in [0.29, 0.717) is 18.7 Å². The summed E-state index contributed by atoms with van der Waals surface area (Å²) in [7, 11) is -0.158. The molecule has 0 fully saturated rings. The monoisotopic (exact) mass is 358 g/mol. The molecule has 0 aliphatic carbocycles. The minimum Gasteiger partial charge on any atom is -0.495 e. The van der Waals surface area contributed by atoms with Gasteiger partial charge in [-0.1, -0.05) is 24.3 Å². The van der Waals surface area contributed by atoms with Crippen molar-refractivity contribution in [2.75, 3.05) is 13.7 Å². The zero-order valence-electron chi connectivity index (χ0n) is 14.6. The average molecular weight is 358 g/mol. The number of methoxy groups -OCH3 is 1. The van der Waals surface area contributed by atoms with Gasteiger partial charge in [0.1, 0.15) is 10.6 Å². The van der Waals surface area contributed by atoms with Gasteiger partial charge in [-0.2, -0.15) is 0 Å². The fourth-order valence-electron chi connectivity index (χ4n) is 3.02. The number of para-hydroxylation sites is 1. The van der Waals surface area contributed by atoms with Crippen LogP contribution in [0, 0.1) is 6.92 Å². The zero-order valence-corrected chi connectivity index (χ0v) is 15.4. The van der Waals surface area contributed by atoms with Crippen molar-refractivity contribution in [1.29, 1.82) is 0 Å². The maximum atomic E-state index is 12.6. The van der Waals surface area contributed by atoms with E-state index in [9.17, 15) is 8.42 Å². The summed E-state index contributed by atoms with van der Waals surface area (Å²) >= 11 is 0. The van der Waals surface area contributed by atoms with Crippen LogP contribution < -0.4 is 9.46 Å². The molecule has 0 unspecified atom stereocenters. The summed E-state index contributed by atoms with van der Waals surface area (Å²) in [6.07, 6.45) is 2.67. The molecule has 3 aromatic rings. The molecule has 0 bridgehead atoms. The molecule has 0 amide bonds. The maximum Gasteiger partial charge on any atom is 0.244 e. The summed E-state index contributed by atoms with van der Waals surface area (Å²) in [5.41, 5.74) is 3.13. The number of hydrogen-bond donors (Lipinski definition) is 1. The van der Waals surface area contributed by atoms with Crippen molar-refractivity contribution in [3.05, 3.63) is 59.8 Å². The van der Waals surface area contributed by atoms with Gasteiger partial charge >= 0.3 is 0 Å². The third-order valence-electron chi connectivity index (χ3n) is 4.27. The van der Waals surface area contributed by atoms with E-state index in [1.54, 1.807) is 12.1 Å². The first-order valence-corrected chi connectivity index (χ1v) is 9.58. The number of nitrogens with zero attached hydrogens (tertiary/aromatic N) is 1. The average Bonchev–Trinajstić information content (AvgIpc) is 2.91. The SMILES string of the molecule is COc1ccc(C)cc1S(=O)(=O)NCCc1cn(C)c2ccccc12. The Labute approximate surface area is 148 Å². The summed E-state index contributed by atoms with van der Waals surface area (Å²) in [5.74, 6) is 0.350. The van der Waals surface area contributed by atoms with Gasteiger partial charge in [0.2, 0.25) is 10.0 Å². The highest BCUT2D eigenvalue weighted by molar-refractivity contribution is 7.89. The lowest BCUT2D eigenvalue weighted by atomic mass is 10.1. The maximum absolute atomic E-state index is 12.6. The standard InChI is InChI=1S/C19H22N2O3S/c1-14-8-9-18(24-3)19(12-14)25(22,23)20-11-10-15-13-21(2)17-7-5-4-6-16(15)17/h4-9,12-13,20H,10-11H2,1-3H3. The summed E-state index contributed by atoms with van der Waals surface area (Å²) in [4.78, 5) is 0.174. The number of aryl methyl sites for hydroxylation is 2. The predicted octanol–water partition coefficient (Wildman–Crippen LogP) is 3.02. The van der Waals surface area contributed by atoms with E-state index >= 15 is 0 Å². The zero-order chi connectivity index (χ0) is 18.0. The van der Waals surface area contributed by atoms with Gasteiger partial charge in [-0.25, -0.2) is 13.1 Å². The molecule has 6 heteroatoms. The Morgan fingerprint density at radius 1 is 1.16 bits per heavy atom. The minimum absolute atomic E-state index is 0.174. The van der Waals surface area contributed by atoms with Crippen molar-refractivity contribution >= 4 is 20.9 Å². The molecule has 0 atom stereocenters. The van der Waals surface area contributed by atoms with Crippen molar-refractivity contribution in [3.8, 4) is 5.75 Å². The van der Waals surface area contributed by atoms with Crippen LogP contribution in [0.3, 0.4) is 0 Å². The van der Waals surface area contributed by atoms with Crippen LogP contribution in [0.1, 0.15) is 11.1 Å². The van der Waals surface area contributed by atoms with E-state index in [2.05, 4.69) is 21.4 Å². The first-order valence-electron chi connectivity index (χ1n) is 8.09. The summed E-state index contributed by atoms with van der Waals surface area (Å²) in [6, 6.07) is 13.2. The van der Waals surface area contributed by atoms with Crippen molar-refractivity contribution < 1.29 is 13.2 Å². The van der Waals surface area contributed by atoms with Crippen molar-refractivity contribution in [3.63, 3.8) is 0 Å². The number of aromatic nitrogens is 1. The number of rotatable bonds is 6. The quantitative estimate of drug-likeness (QED) is 0.737. The topological polar surface area (TPSA) is 60.3 Å². The fourth-order valence-corrected chi connectivity index (χ4v) is 4.30. The second-order valence-electron chi connectivity index (χ2n) is 6.08. The normalized spacial score (nSPS) is 11.8. The van der Waals surface area contributed by atoms with Crippen LogP contribution >= 0.6 is 0 Å². The van der Waals surface area contributed by atoms with Gasteiger partial charge in [-0.3, -0.25) is 0 Å². The highest BCUT2D eigenvalue weighted by Crippen LogP contribution is 2.25. The van der Waals surface area contributed by atoms with Gasteiger partial charge in [-0.05, 0) is 42.7 Å². The van der Waals surface area contributed by atoms with Gasteiger partial charge in [0.05, 0.1) is 7.11 Å². The molecule has 0 saturated heterocycles. The van der Waals surface area contributed by atoms with Crippen LogP contribution in [-0.2, 0) is 23.5 Å². The summed E-state index contributed by atoms with van der Waals surface area (Å²) < 4.78 is 35.2. The fraction of sp³-hybridized carbons (Fsp3) is 0.263. The van der Waals surface area contributed by atoms with E-state index in [0.717, 1.165) is 22.0 Å². The molecule has 5 nitrogen and oxygen atoms in total. The predicted molar refractivity (Wildman–Crippen MR) is 99.5 cm³/mol. The Bertz CT molecular complexity index is 1010. The van der Waals surface area contributed by atoms with Crippen LogP contribution in [0.5, 0.6) is 5.75 Å². The Hall–Kier alpha value is -2.31. The smallest absolute Gasteiger partial charge is 0.244 e. The molecule has 132 valence electrons. The van der Waals surface area contributed by atoms with E-state index in [-0.39, 0.29) is 4.90 Å². The molecule has 25 heavy (non-hydrogen) atoms. The third kappa shape index (κ3) is 3.55. The van der Waals surface area contributed by atoms with Gasteiger partial charge in [0.15, 0.2) is 0 Å². The molecule has 0 spiro atoms. The number of ether oxygens (including phenoxy) is 1. The Balaban J connectivity index is 1.78. The van der Waals surface area contributed by atoms with Crippen LogP contribution in [0.25, 0.3) is 10.9 Å². The van der Waals surface area contributed by atoms with Crippen molar-refractivity contribution in [2.24, 2.45) is 7.05 Å². The molecular weight excluding hydrogens is 336 g/mol. The Morgan fingerprint density at radius 2 is 1.92 bits per heavy atom. The Morgan fingerprint density at radius 3 is 2.68 bits per heavy atom. The van der Waals surface area contributed by atoms with E-state index in [1.807, 2.05) is 38.4 Å². The molecule has 2 aromatic carbocycles. The largest absolute Gasteiger partial charge is 0.495 e. The Kier molecular flexibility index (Phi) is 4.83. The molecule has 3 rings (SSSR count). The molecular formula is C19H22N2O3S.